The lowest BCUT2D eigenvalue weighted by Crippen LogP contribution is -2.59. The van der Waals surface area contributed by atoms with E-state index in [0.29, 0.717) is 6.04 Å². The van der Waals surface area contributed by atoms with E-state index in [2.05, 4.69) is 103 Å². The topological polar surface area (TPSA) is 28.1 Å². The molecule has 1 fully saturated rings. The molecule has 0 saturated carbocycles. The number of hydrazone groups is 1. The monoisotopic (exact) mass is 437 g/mol. The summed E-state index contributed by atoms with van der Waals surface area (Å²) in [6.45, 7) is 6.64. The zero-order chi connectivity index (χ0) is 22.4. The summed E-state index contributed by atoms with van der Waals surface area (Å²) in [7, 11) is 0. The minimum absolute atomic E-state index is 0.240. The van der Waals surface area contributed by atoms with Crippen molar-refractivity contribution in [3.05, 3.63) is 90.0 Å². The quantitative estimate of drug-likeness (QED) is 0.496. The minimum atomic E-state index is -0.351. The molecule has 0 unspecified atom stereocenters. The van der Waals surface area contributed by atoms with Crippen LogP contribution in [-0.2, 0) is 0 Å². The van der Waals surface area contributed by atoms with Crippen molar-refractivity contribution >= 4 is 5.71 Å². The fraction of sp³-hybridized carbons (Fsp3) is 0.345. The third-order valence-electron chi connectivity index (χ3n) is 7.54. The smallest absolute Gasteiger partial charge is 0.200 e. The predicted octanol–water partition coefficient (Wildman–Crippen LogP) is 6.10. The van der Waals surface area contributed by atoms with Crippen LogP contribution in [0.2, 0.25) is 0 Å². The van der Waals surface area contributed by atoms with Crippen molar-refractivity contribution in [3.8, 4) is 16.9 Å². The number of fused-ring (bicyclic) bond motifs is 4. The molecule has 0 N–H and O–H groups in total. The molecule has 168 valence electrons. The van der Waals surface area contributed by atoms with Gasteiger partial charge in [0, 0.05) is 44.0 Å². The van der Waals surface area contributed by atoms with Crippen LogP contribution in [0.1, 0.15) is 50.3 Å². The Bertz CT molecular complexity index is 1160. The largest absolute Gasteiger partial charge is 0.466 e. The standard InChI is InChI=1S/C29H31N3O/c1-21(2)31-18-16-29(17-19-31)32-27(25-10-6-7-11-28(25)33-29)20-26(30-32)24-14-12-23(13-15-24)22-8-4-3-5-9-22/h3-15,21,27H,16-20H2,1-2H3/t27-/m1/s1. The second-order valence-corrected chi connectivity index (χ2v) is 9.77. The van der Waals surface area contributed by atoms with Crippen LogP contribution < -0.4 is 4.74 Å². The summed E-state index contributed by atoms with van der Waals surface area (Å²) in [4.78, 5) is 2.55. The van der Waals surface area contributed by atoms with Crippen LogP contribution in [0.15, 0.2) is 84.0 Å². The van der Waals surface area contributed by atoms with Gasteiger partial charge in [-0.05, 0) is 36.6 Å². The van der Waals surface area contributed by atoms with E-state index in [1.807, 2.05) is 0 Å². The Labute approximate surface area is 196 Å². The molecule has 4 nitrogen and oxygen atoms in total. The third-order valence-corrected chi connectivity index (χ3v) is 7.54. The summed E-state index contributed by atoms with van der Waals surface area (Å²) in [6, 6.07) is 28.8. The van der Waals surface area contributed by atoms with Crippen molar-refractivity contribution in [2.24, 2.45) is 5.10 Å². The highest BCUT2D eigenvalue weighted by molar-refractivity contribution is 6.02. The number of nitrogens with zero attached hydrogens (tertiary/aromatic N) is 3. The van der Waals surface area contributed by atoms with Gasteiger partial charge < -0.3 is 9.64 Å². The number of piperidine rings is 1. The number of para-hydroxylation sites is 1. The van der Waals surface area contributed by atoms with E-state index in [9.17, 15) is 0 Å². The van der Waals surface area contributed by atoms with Crippen molar-refractivity contribution in [2.75, 3.05) is 13.1 Å². The molecule has 33 heavy (non-hydrogen) atoms. The van der Waals surface area contributed by atoms with Gasteiger partial charge in [0.15, 0.2) is 0 Å². The molecule has 0 amide bonds. The summed E-state index contributed by atoms with van der Waals surface area (Å²) in [5, 5.41) is 7.55. The first-order chi connectivity index (χ1) is 16.1. The van der Waals surface area contributed by atoms with Crippen LogP contribution in [0.5, 0.6) is 5.75 Å². The Balaban J connectivity index is 1.33. The van der Waals surface area contributed by atoms with Crippen LogP contribution in [0, 0.1) is 0 Å². The van der Waals surface area contributed by atoms with Crippen LogP contribution in [0.4, 0.5) is 0 Å². The highest BCUT2D eigenvalue weighted by Crippen LogP contribution is 2.50. The van der Waals surface area contributed by atoms with Gasteiger partial charge in [0.05, 0.1) is 11.8 Å². The molecule has 0 radical (unpaired) electrons. The lowest BCUT2D eigenvalue weighted by Gasteiger charge is -2.51. The molecule has 3 aliphatic heterocycles. The lowest BCUT2D eigenvalue weighted by molar-refractivity contribution is -0.152. The number of hydrogen-bond donors (Lipinski definition) is 0. The maximum Gasteiger partial charge on any atom is 0.200 e. The van der Waals surface area contributed by atoms with Crippen LogP contribution in [0.3, 0.4) is 0 Å². The maximum atomic E-state index is 6.76. The van der Waals surface area contributed by atoms with Crippen LogP contribution >= 0.6 is 0 Å². The van der Waals surface area contributed by atoms with Gasteiger partial charge in [-0.2, -0.15) is 5.10 Å². The fourth-order valence-corrected chi connectivity index (χ4v) is 5.61. The molecule has 3 heterocycles. The first kappa shape index (κ1) is 20.5. The molecule has 1 atom stereocenters. The average molecular weight is 438 g/mol. The van der Waals surface area contributed by atoms with E-state index in [1.54, 1.807) is 0 Å². The summed E-state index contributed by atoms with van der Waals surface area (Å²) in [5.41, 5.74) is 5.75. The molecule has 4 heteroatoms. The Hall–Kier alpha value is -3.11. The van der Waals surface area contributed by atoms with E-state index in [4.69, 9.17) is 9.84 Å². The normalized spacial score (nSPS) is 21.5. The first-order valence-corrected chi connectivity index (χ1v) is 12.2. The second-order valence-electron chi connectivity index (χ2n) is 9.77. The zero-order valence-electron chi connectivity index (χ0n) is 19.4. The van der Waals surface area contributed by atoms with Gasteiger partial charge in [-0.15, -0.1) is 0 Å². The van der Waals surface area contributed by atoms with Crippen molar-refractivity contribution in [1.82, 2.24) is 9.91 Å². The van der Waals surface area contributed by atoms with Gasteiger partial charge >= 0.3 is 0 Å². The highest BCUT2D eigenvalue weighted by Gasteiger charge is 2.51. The van der Waals surface area contributed by atoms with Crippen molar-refractivity contribution in [1.29, 1.82) is 0 Å². The summed E-state index contributed by atoms with van der Waals surface area (Å²) < 4.78 is 6.76. The van der Waals surface area contributed by atoms with Crippen molar-refractivity contribution in [2.45, 2.75) is 50.9 Å². The number of benzene rings is 3. The van der Waals surface area contributed by atoms with Crippen LogP contribution in [-0.4, -0.2) is 40.5 Å². The highest BCUT2D eigenvalue weighted by atomic mass is 16.5. The van der Waals surface area contributed by atoms with Gasteiger partial charge in [-0.3, -0.25) is 0 Å². The molecule has 0 bridgehead atoms. The Morgan fingerprint density at radius 1 is 0.818 bits per heavy atom. The van der Waals surface area contributed by atoms with Gasteiger partial charge in [0.2, 0.25) is 5.72 Å². The van der Waals surface area contributed by atoms with E-state index in [-0.39, 0.29) is 11.8 Å². The average Bonchev–Trinajstić information content (AvgIpc) is 3.32. The molecule has 1 spiro atoms. The SMILES string of the molecule is CC(C)N1CCC2(CC1)Oc1ccccc1[C@H]1CC(c3ccc(-c4ccccc4)cc3)=NN12. The summed E-state index contributed by atoms with van der Waals surface area (Å²) in [5.74, 6) is 1.03. The van der Waals surface area contributed by atoms with Gasteiger partial charge in [0.1, 0.15) is 5.75 Å². The molecule has 0 aromatic heterocycles. The van der Waals surface area contributed by atoms with E-state index in [0.717, 1.165) is 43.8 Å². The molecule has 3 aromatic carbocycles. The Kier molecular flexibility index (Phi) is 4.99. The zero-order valence-corrected chi connectivity index (χ0v) is 19.4. The Morgan fingerprint density at radius 3 is 2.18 bits per heavy atom. The predicted molar refractivity (Wildman–Crippen MR) is 133 cm³/mol. The second kappa shape index (κ2) is 8.03. The minimum Gasteiger partial charge on any atom is -0.466 e. The van der Waals surface area contributed by atoms with E-state index < -0.39 is 0 Å². The molecule has 1 saturated heterocycles. The van der Waals surface area contributed by atoms with Gasteiger partial charge in [-0.25, -0.2) is 5.01 Å². The molecular weight excluding hydrogens is 406 g/mol. The number of rotatable bonds is 3. The number of ether oxygens (including phenoxy) is 1. The van der Waals surface area contributed by atoms with Crippen LogP contribution in [0.25, 0.3) is 11.1 Å². The molecule has 6 rings (SSSR count). The van der Waals surface area contributed by atoms with Gasteiger partial charge in [0.25, 0.3) is 0 Å². The molecule has 3 aromatic rings. The summed E-state index contributed by atoms with van der Waals surface area (Å²) >= 11 is 0. The molecule has 3 aliphatic rings. The molecule has 0 aliphatic carbocycles. The van der Waals surface area contributed by atoms with Crippen molar-refractivity contribution in [3.63, 3.8) is 0 Å². The lowest BCUT2D eigenvalue weighted by atomic mass is 9.90. The van der Waals surface area contributed by atoms with Crippen molar-refractivity contribution < 1.29 is 4.74 Å². The van der Waals surface area contributed by atoms with E-state index >= 15 is 0 Å². The molecular formula is C29H31N3O. The van der Waals surface area contributed by atoms with Gasteiger partial charge in [-0.1, -0.05) is 72.8 Å². The third kappa shape index (κ3) is 3.53. The fourth-order valence-electron chi connectivity index (χ4n) is 5.61. The maximum absolute atomic E-state index is 6.76. The number of likely N-dealkylation sites (tertiary alicyclic amines) is 1. The first-order valence-electron chi connectivity index (χ1n) is 12.2. The van der Waals surface area contributed by atoms with E-state index in [1.165, 1.54) is 22.3 Å². The summed E-state index contributed by atoms with van der Waals surface area (Å²) in [6.07, 6.45) is 2.86. The number of hydrogen-bond acceptors (Lipinski definition) is 4. The Morgan fingerprint density at radius 2 is 1.45 bits per heavy atom.